The van der Waals surface area contributed by atoms with Gasteiger partial charge >= 0.3 is 5.97 Å². The van der Waals surface area contributed by atoms with E-state index in [0.29, 0.717) is 18.0 Å². The third kappa shape index (κ3) is 1.61. The molecule has 1 N–H and O–H groups in total. The van der Waals surface area contributed by atoms with Gasteiger partial charge in [-0.1, -0.05) is 0 Å². The Morgan fingerprint density at radius 1 is 1.29 bits per heavy atom. The molecule has 0 bridgehead atoms. The van der Waals surface area contributed by atoms with Crippen LogP contribution in [0.5, 0.6) is 5.75 Å². The van der Waals surface area contributed by atoms with Crippen LogP contribution in [0.2, 0.25) is 0 Å². The minimum Gasteiger partial charge on any atom is -0.486 e. The maximum atomic E-state index is 10.8. The van der Waals surface area contributed by atoms with Gasteiger partial charge in [0.25, 0.3) is 0 Å². The summed E-state index contributed by atoms with van der Waals surface area (Å²) in [4.78, 5) is 18.9. The highest BCUT2D eigenvalue weighted by Crippen LogP contribution is 2.33. The van der Waals surface area contributed by atoms with Crippen molar-refractivity contribution in [3.63, 3.8) is 0 Å². The number of carboxylic acid groups (broad SMARTS) is 1. The fraction of sp³-hybridized carbons (Fsp3) is 0.0833. The number of fused-ring (bicyclic) bond motifs is 2. The van der Waals surface area contributed by atoms with Gasteiger partial charge in [0.15, 0.2) is 0 Å². The van der Waals surface area contributed by atoms with Crippen molar-refractivity contribution in [2.75, 3.05) is 6.61 Å². The second-order valence-electron chi connectivity index (χ2n) is 3.66. The first-order chi connectivity index (χ1) is 8.24. The largest absolute Gasteiger partial charge is 0.486 e. The van der Waals surface area contributed by atoms with Crippen molar-refractivity contribution < 1.29 is 14.6 Å². The van der Waals surface area contributed by atoms with Gasteiger partial charge in [-0.3, -0.25) is 4.99 Å². The molecule has 84 valence electrons. The lowest BCUT2D eigenvalue weighted by molar-refractivity contribution is 0.0690. The number of aromatic nitrogens is 1. The maximum absolute atomic E-state index is 10.8. The zero-order valence-electron chi connectivity index (χ0n) is 8.75. The smallest absolute Gasteiger partial charge is 0.354 e. The number of pyridine rings is 1. The summed E-state index contributed by atoms with van der Waals surface area (Å²) in [7, 11) is 0. The first-order valence-corrected chi connectivity index (χ1v) is 5.06. The lowest BCUT2D eigenvalue weighted by atomic mass is 10.1. The molecule has 5 nitrogen and oxygen atoms in total. The maximum Gasteiger partial charge on any atom is 0.354 e. The Kier molecular flexibility index (Phi) is 2.04. The molecule has 1 aliphatic rings. The van der Waals surface area contributed by atoms with Crippen LogP contribution in [0.3, 0.4) is 0 Å². The molecule has 5 heteroatoms. The predicted molar refractivity (Wildman–Crippen MR) is 62.3 cm³/mol. The van der Waals surface area contributed by atoms with Crippen molar-refractivity contribution in [1.82, 2.24) is 4.98 Å². The average Bonchev–Trinajstić information content (AvgIpc) is 2.35. The summed E-state index contributed by atoms with van der Waals surface area (Å²) in [5, 5.41) is 10.5. The summed E-state index contributed by atoms with van der Waals surface area (Å²) >= 11 is 0. The first kappa shape index (κ1) is 9.77. The lowest BCUT2D eigenvalue weighted by Crippen LogP contribution is -2.03. The molecular formula is C12H8N2O3. The van der Waals surface area contributed by atoms with Crippen molar-refractivity contribution in [2.45, 2.75) is 0 Å². The van der Waals surface area contributed by atoms with Crippen molar-refractivity contribution in [1.29, 1.82) is 0 Å². The monoisotopic (exact) mass is 228 g/mol. The topological polar surface area (TPSA) is 71.8 Å². The number of hydrogen-bond donors (Lipinski definition) is 1. The summed E-state index contributed by atoms with van der Waals surface area (Å²) in [6, 6.07) is 5.15. The van der Waals surface area contributed by atoms with E-state index < -0.39 is 5.97 Å². The highest BCUT2D eigenvalue weighted by molar-refractivity contribution is 5.94. The molecule has 2 aromatic rings. The number of ether oxygens (including phenoxy) is 1. The number of aromatic carboxylic acids is 1. The van der Waals surface area contributed by atoms with E-state index in [1.807, 2.05) is 6.07 Å². The van der Waals surface area contributed by atoms with Gasteiger partial charge in [0.05, 0.1) is 0 Å². The quantitative estimate of drug-likeness (QED) is 0.810. The molecule has 0 saturated heterocycles. The molecule has 1 aromatic carbocycles. The van der Waals surface area contributed by atoms with Gasteiger partial charge in [0.2, 0.25) is 0 Å². The molecule has 0 atom stereocenters. The Labute approximate surface area is 96.4 Å². The van der Waals surface area contributed by atoms with Crippen LogP contribution in [0.15, 0.2) is 29.4 Å². The number of benzene rings is 1. The highest BCUT2D eigenvalue weighted by Gasteiger charge is 2.11. The average molecular weight is 228 g/mol. The van der Waals surface area contributed by atoms with E-state index in [2.05, 4.69) is 9.98 Å². The molecule has 0 radical (unpaired) electrons. The van der Waals surface area contributed by atoms with Crippen LogP contribution in [-0.4, -0.2) is 28.9 Å². The van der Waals surface area contributed by atoms with E-state index in [4.69, 9.17) is 9.84 Å². The molecule has 3 rings (SSSR count). The normalized spacial score (nSPS) is 13.2. The van der Waals surface area contributed by atoms with E-state index in [1.54, 1.807) is 12.3 Å². The number of hydrogen-bond acceptors (Lipinski definition) is 4. The minimum atomic E-state index is -1.04. The van der Waals surface area contributed by atoms with Gasteiger partial charge in [-0.2, -0.15) is 0 Å². The van der Waals surface area contributed by atoms with Gasteiger partial charge < -0.3 is 9.84 Å². The molecule has 1 aliphatic heterocycles. The van der Waals surface area contributed by atoms with Crippen LogP contribution in [0, 0.1) is 0 Å². The van der Waals surface area contributed by atoms with Crippen molar-refractivity contribution in [2.24, 2.45) is 4.99 Å². The van der Waals surface area contributed by atoms with Gasteiger partial charge in [0, 0.05) is 17.8 Å². The van der Waals surface area contributed by atoms with Gasteiger partial charge in [-0.05, 0) is 23.6 Å². The summed E-state index contributed by atoms with van der Waals surface area (Å²) in [6.45, 7) is 0.457. The number of rotatable bonds is 1. The number of aliphatic imine (C=N–C) groups is 1. The highest BCUT2D eigenvalue weighted by atomic mass is 16.5. The molecule has 17 heavy (non-hydrogen) atoms. The fourth-order valence-electron chi connectivity index (χ4n) is 1.76. The van der Waals surface area contributed by atoms with Crippen molar-refractivity contribution in [3.8, 4) is 5.75 Å². The van der Waals surface area contributed by atoms with E-state index in [9.17, 15) is 4.79 Å². The van der Waals surface area contributed by atoms with Crippen LogP contribution in [0.25, 0.3) is 10.8 Å². The predicted octanol–water partition coefficient (Wildman–Crippen LogP) is 2.03. The Morgan fingerprint density at radius 3 is 3.00 bits per heavy atom. The Morgan fingerprint density at radius 2 is 2.18 bits per heavy atom. The summed E-state index contributed by atoms with van der Waals surface area (Å²) < 4.78 is 5.42. The third-order valence-electron chi connectivity index (χ3n) is 2.56. The molecule has 0 aliphatic carbocycles. The van der Waals surface area contributed by atoms with Crippen LogP contribution < -0.4 is 4.74 Å². The summed E-state index contributed by atoms with van der Waals surface area (Å²) in [5.74, 6) is -0.339. The number of carbonyl (C=O) groups is 1. The number of carboxylic acids is 1. The van der Waals surface area contributed by atoms with Crippen LogP contribution >= 0.6 is 0 Å². The standard InChI is InChI=1S/C12H8N2O3/c15-12(16)10-4-7-3-9-11(17-2-1-13-9)5-8(7)6-14-10/h1,3-6H,2H2,(H,15,16). The van der Waals surface area contributed by atoms with E-state index >= 15 is 0 Å². The molecule has 0 spiro atoms. The van der Waals surface area contributed by atoms with Crippen molar-refractivity contribution >= 4 is 28.6 Å². The van der Waals surface area contributed by atoms with Crippen LogP contribution in [-0.2, 0) is 0 Å². The SMILES string of the molecule is O=C(O)c1cc2cc3c(cc2cn1)OCC=N3. The zero-order chi connectivity index (χ0) is 11.8. The Balaban J connectivity index is 2.24. The molecule has 0 saturated carbocycles. The molecule has 1 aromatic heterocycles. The van der Waals surface area contributed by atoms with E-state index in [1.165, 1.54) is 12.3 Å². The lowest BCUT2D eigenvalue weighted by Gasteiger charge is -2.12. The molecular weight excluding hydrogens is 220 g/mol. The van der Waals surface area contributed by atoms with Crippen molar-refractivity contribution in [3.05, 3.63) is 30.1 Å². The molecule has 0 unspecified atom stereocenters. The van der Waals surface area contributed by atoms with E-state index in [-0.39, 0.29) is 5.69 Å². The molecule has 0 amide bonds. The zero-order valence-corrected chi connectivity index (χ0v) is 8.75. The second kappa shape index (κ2) is 3.55. The van der Waals surface area contributed by atoms with Gasteiger partial charge in [-0.15, -0.1) is 0 Å². The Hall–Kier alpha value is -2.43. The first-order valence-electron chi connectivity index (χ1n) is 5.06. The number of nitrogens with zero attached hydrogens (tertiary/aromatic N) is 2. The van der Waals surface area contributed by atoms with E-state index in [0.717, 1.165) is 10.8 Å². The third-order valence-corrected chi connectivity index (χ3v) is 2.56. The van der Waals surface area contributed by atoms with Crippen LogP contribution in [0.4, 0.5) is 5.69 Å². The Bertz CT molecular complexity index is 649. The van der Waals surface area contributed by atoms with Gasteiger partial charge in [0.1, 0.15) is 23.7 Å². The fourth-order valence-corrected chi connectivity index (χ4v) is 1.76. The second-order valence-corrected chi connectivity index (χ2v) is 3.66. The van der Waals surface area contributed by atoms with Crippen LogP contribution in [0.1, 0.15) is 10.5 Å². The summed E-state index contributed by atoms with van der Waals surface area (Å²) in [6.07, 6.45) is 3.20. The summed E-state index contributed by atoms with van der Waals surface area (Å²) in [5.41, 5.74) is 0.740. The molecule has 0 fully saturated rings. The minimum absolute atomic E-state index is 0.0261. The van der Waals surface area contributed by atoms with Gasteiger partial charge in [-0.25, -0.2) is 9.78 Å². The molecule has 2 heterocycles.